The second kappa shape index (κ2) is 5.85. The fourth-order valence-electron chi connectivity index (χ4n) is 3.47. The summed E-state index contributed by atoms with van der Waals surface area (Å²) in [5.41, 5.74) is 0.886. The Morgan fingerprint density at radius 3 is 2.95 bits per heavy atom. The molecule has 5 heteroatoms. The van der Waals surface area contributed by atoms with Gasteiger partial charge in [0.1, 0.15) is 5.75 Å². The van der Waals surface area contributed by atoms with Gasteiger partial charge >= 0.3 is 0 Å². The summed E-state index contributed by atoms with van der Waals surface area (Å²) in [7, 11) is 1.58. The molecule has 3 rings (SSSR count). The number of hydrogen-bond donors (Lipinski definition) is 1. The zero-order valence-corrected chi connectivity index (χ0v) is 13.1. The molecular formula is C16H21ClN2O2. The van der Waals surface area contributed by atoms with E-state index in [-0.39, 0.29) is 11.3 Å². The highest BCUT2D eigenvalue weighted by Gasteiger charge is 2.40. The number of carbonyl (C=O) groups is 1. The molecule has 1 aromatic carbocycles. The number of halogens is 1. The monoisotopic (exact) mass is 308 g/mol. The van der Waals surface area contributed by atoms with Gasteiger partial charge in [0.05, 0.1) is 7.11 Å². The molecule has 0 saturated carbocycles. The summed E-state index contributed by atoms with van der Waals surface area (Å²) in [5, 5.41) is 4.00. The van der Waals surface area contributed by atoms with Crippen LogP contribution < -0.4 is 10.1 Å². The normalized spacial score (nSPS) is 25.3. The van der Waals surface area contributed by atoms with Gasteiger partial charge in [-0.05, 0) is 44.0 Å². The number of likely N-dealkylation sites (tertiary alicyclic amines) is 1. The topological polar surface area (TPSA) is 41.6 Å². The SMILES string of the molecule is COc1cc(Cl)cc(C(=O)N2CCC3(CCCNC3)C2)c1. The van der Waals surface area contributed by atoms with E-state index in [1.807, 2.05) is 4.90 Å². The lowest BCUT2D eigenvalue weighted by Gasteiger charge is -2.33. The van der Waals surface area contributed by atoms with Crippen molar-refractivity contribution in [3.63, 3.8) is 0 Å². The summed E-state index contributed by atoms with van der Waals surface area (Å²) in [6.07, 6.45) is 3.50. The van der Waals surface area contributed by atoms with Crippen molar-refractivity contribution in [2.24, 2.45) is 5.41 Å². The smallest absolute Gasteiger partial charge is 0.254 e. The van der Waals surface area contributed by atoms with E-state index in [0.29, 0.717) is 16.3 Å². The summed E-state index contributed by atoms with van der Waals surface area (Å²) in [5.74, 6) is 0.678. The minimum atomic E-state index is 0.0539. The zero-order chi connectivity index (χ0) is 14.9. The molecule has 2 fully saturated rings. The molecule has 1 aromatic rings. The molecule has 114 valence electrons. The van der Waals surface area contributed by atoms with E-state index in [0.717, 1.165) is 32.6 Å². The summed E-state index contributed by atoms with van der Waals surface area (Å²) in [4.78, 5) is 14.6. The number of carbonyl (C=O) groups excluding carboxylic acids is 1. The van der Waals surface area contributed by atoms with Gasteiger partial charge in [-0.15, -0.1) is 0 Å². The van der Waals surface area contributed by atoms with Crippen LogP contribution in [-0.2, 0) is 0 Å². The molecular weight excluding hydrogens is 288 g/mol. The van der Waals surface area contributed by atoms with E-state index in [1.54, 1.807) is 25.3 Å². The maximum atomic E-state index is 12.7. The Morgan fingerprint density at radius 2 is 2.24 bits per heavy atom. The number of ether oxygens (including phenoxy) is 1. The molecule has 0 bridgehead atoms. The maximum Gasteiger partial charge on any atom is 0.254 e. The first-order valence-corrected chi connectivity index (χ1v) is 7.84. The number of methoxy groups -OCH3 is 1. The molecule has 0 aliphatic carbocycles. The fourth-order valence-corrected chi connectivity index (χ4v) is 3.70. The van der Waals surface area contributed by atoms with Crippen molar-refractivity contribution in [1.82, 2.24) is 10.2 Å². The van der Waals surface area contributed by atoms with Gasteiger partial charge in [0, 0.05) is 35.6 Å². The molecule has 2 heterocycles. The van der Waals surface area contributed by atoms with Crippen LogP contribution in [0.5, 0.6) is 5.75 Å². The first-order chi connectivity index (χ1) is 10.1. The van der Waals surface area contributed by atoms with E-state index in [9.17, 15) is 4.79 Å². The van der Waals surface area contributed by atoms with Gasteiger partial charge in [-0.2, -0.15) is 0 Å². The highest BCUT2D eigenvalue weighted by Crippen LogP contribution is 2.37. The van der Waals surface area contributed by atoms with Crippen LogP contribution in [0.1, 0.15) is 29.6 Å². The van der Waals surface area contributed by atoms with Gasteiger partial charge in [-0.25, -0.2) is 0 Å². The van der Waals surface area contributed by atoms with Crippen LogP contribution in [0.4, 0.5) is 0 Å². The summed E-state index contributed by atoms with van der Waals surface area (Å²) >= 11 is 6.06. The Morgan fingerprint density at radius 1 is 1.38 bits per heavy atom. The molecule has 1 atom stereocenters. The van der Waals surface area contributed by atoms with Crippen LogP contribution >= 0.6 is 11.6 Å². The van der Waals surface area contributed by atoms with Crippen molar-refractivity contribution < 1.29 is 9.53 Å². The van der Waals surface area contributed by atoms with E-state index in [1.165, 1.54) is 12.8 Å². The van der Waals surface area contributed by atoms with E-state index in [4.69, 9.17) is 16.3 Å². The summed E-state index contributed by atoms with van der Waals surface area (Å²) in [6.45, 7) is 3.79. The van der Waals surface area contributed by atoms with Gasteiger partial charge in [-0.1, -0.05) is 11.6 Å². The van der Waals surface area contributed by atoms with Crippen molar-refractivity contribution in [1.29, 1.82) is 0 Å². The highest BCUT2D eigenvalue weighted by atomic mass is 35.5. The lowest BCUT2D eigenvalue weighted by Crippen LogP contribution is -2.42. The molecule has 2 aliphatic heterocycles. The van der Waals surface area contributed by atoms with Crippen molar-refractivity contribution in [2.45, 2.75) is 19.3 Å². The van der Waals surface area contributed by atoms with Crippen molar-refractivity contribution in [2.75, 3.05) is 33.3 Å². The zero-order valence-electron chi connectivity index (χ0n) is 12.3. The Kier molecular flexibility index (Phi) is 4.09. The van der Waals surface area contributed by atoms with Gasteiger partial charge in [0.2, 0.25) is 0 Å². The predicted octanol–water partition coefficient (Wildman–Crippen LogP) is 2.56. The van der Waals surface area contributed by atoms with Crippen LogP contribution in [0.15, 0.2) is 18.2 Å². The number of piperidine rings is 1. The summed E-state index contributed by atoms with van der Waals surface area (Å²) < 4.78 is 5.19. The third kappa shape index (κ3) is 3.01. The first-order valence-electron chi connectivity index (χ1n) is 7.46. The molecule has 0 aromatic heterocycles. The standard InChI is InChI=1S/C16H21ClN2O2/c1-21-14-8-12(7-13(17)9-14)15(20)19-6-4-16(11-19)3-2-5-18-10-16/h7-9,18H,2-6,10-11H2,1H3. The molecule has 1 N–H and O–H groups in total. The fraction of sp³-hybridized carbons (Fsp3) is 0.562. The predicted molar refractivity (Wildman–Crippen MR) is 83.1 cm³/mol. The molecule has 4 nitrogen and oxygen atoms in total. The first kappa shape index (κ1) is 14.7. The molecule has 1 spiro atoms. The van der Waals surface area contributed by atoms with Crippen molar-refractivity contribution in [3.05, 3.63) is 28.8 Å². The molecule has 2 aliphatic rings. The lowest BCUT2D eigenvalue weighted by molar-refractivity contribution is 0.0764. The Labute approximate surface area is 130 Å². The van der Waals surface area contributed by atoms with Crippen LogP contribution in [-0.4, -0.2) is 44.1 Å². The number of nitrogens with zero attached hydrogens (tertiary/aromatic N) is 1. The number of nitrogens with one attached hydrogen (secondary N) is 1. The van der Waals surface area contributed by atoms with E-state index in [2.05, 4.69) is 5.32 Å². The second-order valence-electron chi connectivity index (χ2n) is 6.14. The number of rotatable bonds is 2. The van der Waals surface area contributed by atoms with Crippen molar-refractivity contribution >= 4 is 17.5 Å². The maximum absolute atomic E-state index is 12.7. The minimum Gasteiger partial charge on any atom is -0.497 e. The van der Waals surface area contributed by atoms with Gasteiger partial charge in [0.15, 0.2) is 0 Å². The highest BCUT2D eigenvalue weighted by molar-refractivity contribution is 6.31. The third-order valence-electron chi connectivity index (χ3n) is 4.64. The average molecular weight is 309 g/mol. The average Bonchev–Trinajstić information content (AvgIpc) is 2.90. The Balaban J connectivity index is 1.75. The molecule has 1 amide bonds. The second-order valence-corrected chi connectivity index (χ2v) is 6.57. The summed E-state index contributed by atoms with van der Waals surface area (Å²) in [6, 6.07) is 5.20. The van der Waals surface area contributed by atoms with Crippen molar-refractivity contribution in [3.8, 4) is 5.75 Å². The quantitative estimate of drug-likeness (QED) is 0.913. The van der Waals surface area contributed by atoms with Crippen LogP contribution in [0, 0.1) is 5.41 Å². The number of benzene rings is 1. The number of amides is 1. The van der Waals surface area contributed by atoms with Crippen LogP contribution in [0.3, 0.4) is 0 Å². The van der Waals surface area contributed by atoms with Crippen LogP contribution in [0.2, 0.25) is 5.02 Å². The molecule has 1 unspecified atom stereocenters. The van der Waals surface area contributed by atoms with Gasteiger partial charge in [0.25, 0.3) is 5.91 Å². The third-order valence-corrected chi connectivity index (χ3v) is 4.86. The lowest BCUT2D eigenvalue weighted by atomic mass is 9.80. The Hall–Kier alpha value is -1.26. The molecule has 0 radical (unpaired) electrons. The molecule has 21 heavy (non-hydrogen) atoms. The number of hydrogen-bond acceptors (Lipinski definition) is 3. The Bertz CT molecular complexity index is 541. The largest absolute Gasteiger partial charge is 0.497 e. The van der Waals surface area contributed by atoms with E-state index < -0.39 is 0 Å². The van der Waals surface area contributed by atoms with Gasteiger partial charge in [-0.3, -0.25) is 4.79 Å². The molecule has 2 saturated heterocycles. The van der Waals surface area contributed by atoms with Crippen LogP contribution in [0.25, 0.3) is 0 Å². The van der Waals surface area contributed by atoms with Gasteiger partial charge < -0.3 is 15.0 Å². The minimum absolute atomic E-state index is 0.0539. The van der Waals surface area contributed by atoms with E-state index >= 15 is 0 Å².